The molecule has 0 spiro atoms. The van der Waals surface area contributed by atoms with Gasteiger partial charge in [-0.05, 0) is 0 Å². The molecule has 0 unspecified atom stereocenters. The molecule has 1 aromatic rings. The summed E-state index contributed by atoms with van der Waals surface area (Å²) < 4.78 is 14.6. The van der Waals surface area contributed by atoms with Crippen LogP contribution in [0.15, 0.2) is 18.2 Å². The molecule has 0 fully saturated rings. The number of benzene rings is 1. The van der Waals surface area contributed by atoms with Gasteiger partial charge in [0, 0.05) is 18.2 Å². The Morgan fingerprint density at radius 2 is 1.50 bits per heavy atom. The smallest absolute Gasteiger partial charge is 0.409 e. The molecule has 0 aromatic heterocycles. The van der Waals surface area contributed by atoms with E-state index in [1.54, 1.807) is 6.07 Å². The van der Waals surface area contributed by atoms with Crippen LogP contribution in [-0.4, -0.2) is 20.3 Å². The summed E-state index contributed by atoms with van der Waals surface area (Å²) in [4.78, 5) is 10.5. The predicted molar refractivity (Wildman–Crippen MR) is 49.8 cm³/mol. The van der Waals surface area contributed by atoms with E-state index in [-0.39, 0.29) is 5.75 Å². The van der Waals surface area contributed by atoms with Crippen LogP contribution < -0.4 is 19.9 Å². The first-order chi connectivity index (χ1) is 6.65. The van der Waals surface area contributed by atoms with Gasteiger partial charge in [0.15, 0.2) is 0 Å². The Bertz CT molecular complexity index is 315. The summed E-state index contributed by atoms with van der Waals surface area (Å²) in [6, 6.07) is 4.73. The van der Waals surface area contributed by atoms with E-state index in [0.717, 1.165) is 0 Å². The third-order valence-electron chi connectivity index (χ3n) is 1.54. The van der Waals surface area contributed by atoms with Crippen LogP contribution in [0, 0.1) is 0 Å². The number of hydrogen-bond donors (Lipinski definition) is 1. The van der Waals surface area contributed by atoms with Gasteiger partial charge in [-0.1, -0.05) is 0 Å². The lowest BCUT2D eigenvalue weighted by Crippen LogP contribution is -2.16. The minimum Gasteiger partial charge on any atom is -0.496 e. The SMILES string of the molecule is COc1cc(OC)cc(OC(N)=O)c1. The zero-order valence-corrected chi connectivity index (χ0v) is 7.94. The molecule has 0 saturated carbocycles. The number of nitrogens with two attached hydrogens (primary N) is 1. The van der Waals surface area contributed by atoms with Crippen LogP contribution in [0.3, 0.4) is 0 Å². The number of methoxy groups -OCH3 is 2. The summed E-state index contributed by atoms with van der Waals surface area (Å²) in [6.07, 6.45) is -0.875. The van der Waals surface area contributed by atoms with Crippen molar-refractivity contribution in [1.82, 2.24) is 0 Å². The van der Waals surface area contributed by atoms with Crippen LogP contribution in [0.1, 0.15) is 0 Å². The number of amides is 1. The third-order valence-corrected chi connectivity index (χ3v) is 1.54. The Balaban J connectivity index is 2.98. The summed E-state index contributed by atoms with van der Waals surface area (Å²) in [7, 11) is 3.01. The molecular formula is C9H11NO4. The zero-order valence-electron chi connectivity index (χ0n) is 7.94. The van der Waals surface area contributed by atoms with Gasteiger partial charge in [0.1, 0.15) is 17.2 Å². The topological polar surface area (TPSA) is 70.8 Å². The van der Waals surface area contributed by atoms with Crippen LogP contribution in [0.2, 0.25) is 0 Å². The minimum absolute atomic E-state index is 0.286. The van der Waals surface area contributed by atoms with Crippen molar-refractivity contribution < 1.29 is 19.0 Å². The van der Waals surface area contributed by atoms with Gasteiger partial charge in [-0.3, -0.25) is 0 Å². The van der Waals surface area contributed by atoms with Crippen LogP contribution >= 0.6 is 0 Å². The molecule has 1 rings (SSSR count). The molecule has 5 heteroatoms. The van der Waals surface area contributed by atoms with Gasteiger partial charge < -0.3 is 19.9 Å². The highest BCUT2D eigenvalue weighted by Crippen LogP contribution is 2.27. The highest BCUT2D eigenvalue weighted by molar-refractivity contribution is 5.68. The molecule has 14 heavy (non-hydrogen) atoms. The molecule has 76 valence electrons. The molecule has 0 heterocycles. The maximum atomic E-state index is 10.5. The Labute approximate surface area is 81.4 Å². The van der Waals surface area contributed by atoms with Crippen LogP contribution in [0.5, 0.6) is 17.2 Å². The fourth-order valence-corrected chi connectivity index (χ4v) is 0.956. The maximum Gasteiger partial charge on any atom is 0.409 e. The number of carbonyl (C=O) groups excluding carboxylic acids is 1. The molecule has 0 aliphatic carbocycles. The van der Waals surface area contributed by atoms with E-state index < -0.39 is 6.09 Å². The standard InChI is InChI=1S/C9H11NO4/c1-12-6-3-7(13-2)5-8(4-6)14-9(10)11/h3-5H,1-2H3,(H2,10,11). The Kier molecular flexibility index (Phi) is 3.17. The molecule has 0 saturated heterocycles. The van der Waals surface area contributed by atoms with Gasteiger partial charge >= 0.3 is 6.09 Å². The van der Waals surface area contributed by atoms with E-state index in [0.29, 0.717) is 11.5 Å². The number of carbonyl (C=O) groups is 1. The van der Waals surface area contributed by atoms with Crippen molar-refractivity contribution in [3.63, 3.8) is 0 Å². The van der Waals surface area contributed by atoms with Gasteiger partial charge in [0.25, 0.3) is 0 Å². The Hall–Kier alpha value is -1.91. The lowest BCUT2D eigenvalue weighted by atomic mass is 10.3. The van der Waals surface area contributed by atoms with E-state index in [1.165, 1.54) is 26.4 Å². The second-order valence-electron chi connectivity index (χ2n) is 2.47. The summed E-state index contributed by atoms with van der Waals surface area (Å²) in [6.45, 7) is 0. The quantitative estimate of drug-likeness (QED) is 0.789. The highest BCUT2D eigenvalue weighted by atomic mass is 16.5. The van der Waals surface area contributed by atoms with Crippen molar-refractivity contribution in [2.45, 2.75) is 0 Å². The fraction of sp³-hybridized carbons (Fsp3) is 0.222. The number of rotatable bonds is 3. The molecule has 0 aliphatic rings. The van der Waals surface area contributed by atoms with Crippen LogP contribution in [-0.2, 0) is 0 Å². The summed E-state index contributed by atoms with van der Waals surface area (Å²) in [5.41, 5.74) is 4.86. The summed E-state index contributed by atoms with van der Waals surface area (Å²) in [5.74, 6) is 1.34. The molecule has 1 amide bonds. The van der Waals surface area contributed by atoms with Crippen LogP contribution in [0.4, 0.5) is 4.79 Å². The number of primary amides is 1. The van der Waals surface area contributed by atoms with Crippen molar-refractivity contribution in [1.29, 1.82) is 0 Å². The normalized spacial score (nSPS) is 9.29. The molecule has 1 aromatic carbocycles. The molecule has 0 atom stereocenters. The van der Waals surface area contributed by atoms with Gasteiger partial charge in [0.05, 0.1) is 14.2 Å². The number of ether oxygens (including phenoxy) is 3. The molecule has 0 aliphatic heterocycles. The Morgan fingerprint density at radius 1 is 1.07 bits per heavy atom. The summed E-state index contributed by atoms with van der Waals surface area (Å²) in [5, 5.41) is 0. The fourth-order valence-electron chi connectivity index (χ4n) is 0.956. The van der Waals surface area contributed by atoms with Crippen molar-refractivity contribution in [3.05, 3.63) is 18.2 Å². The van der Waals surface area contributed by atoms with E-state index in [9.17, 15) is 4.79 Å². The van der Waals surface area contributed by atoms with Crippen molar-refractivity contribution in [2.75, 3.05) is 14.2 Å². The maximum absolute atomic E-state index is 10.5. The van der Waals surface area contributed by atoms with E-state index in [4.69, 9.17) is 15.2 Å². The molecule has 0 radical (unpaired) electrons. The number of hydrogen-bond acceptors (Lipinski definition) is 4. The van der Waals surface area contributed by atoms with Gasteiger partial charge in [-0.15, -0.1) is 0 Å². The highest BCUT2D eigenvalue weighted by Gasteiger charge is 2.04. The Morgan fingerprint density at radius 3 is 1.86 bits per heavy atom. The molecule has 0 bridgehead atoms. The predicted octanol–water partition coefficient (Wildman–Crippen LogP) is 1.16. The third kappa shape index (κ3) is 2.55. The first kappa shape index (κ1) is 10.2. The first-order valence-electron chi connectivity index (χ1n) is 3.86. The largest absolute Gasteiger partial charge is 0.496 e. The van der Waals surface area contributed by atoms with E-state index >= 15 is 0 Å². The average molecular weight is 197 g/mol. The molecule has 5 nitrogen and oxygen atoms in total. The lowest BCUT2D eigenvalue weighted by molar-refractivity contribution is 0.210. The van der Waals surface area contributed by atoms with Gasteiger partial charge in [-0.25, -0.2) is 4.79 Å². The van der Waals surface area contributed by atoms with E-state index in [2.05, 4.69) is 4.74 Å². The molecular weight excluding hydrogens is 186 g/mol. The first-order valence-corrected chi connectivity index (χ1v) is 3.86. The summed E-state index contributed by atoms with van der Waals surface area (Å²) >= 11 is 0. The molecule has 2 N–H and O–H groups in total. The zero-order chi connectivity index (χ0) is 10.6. The van der Waals surface area contributed by atoms with Crippen molar-refractivity contribution in [3.8, 4) is 17.2 Å². The second-order valence-corrected chi connectivity index (χ2v) is 2.47. The minimum atomic E-state index is -0.875. The van der Waals surface area contributed by atoms with Crippen molar-refractivity contribution >= 4 is 6.09 Å². The van der Waals surface area contributed by atoms with E-state index in [1.807, 2.05) is 0 Å². The lowest BCUT2D eigenvalue weighted by Gasteiger charge is -2.07. The van der Waals surface area contributed by atoms with Crippen molar-refractivity contribution in [2.24, 2.45) is 5.73 Å². The van der Waals surface area contributed by atoms with Crippen LogP contribution in [0.25, 0.3) is 0 Å². The monoisotopic (exact) mass is 197 g/mol. The van der Waals surface area contributed by atoms with Gasteiger partial charge in [-0.2, -0.15) is 0 Å². The average Bonchev–Trinajstić information content (AvgIpc) is 2.16. The van der Waals surface area contributed by atoms with Gasteiger partial charge in [0.2, 0.25) is 0 Å². The second kappa shape index (κ2) is 4.36.